The van der Waals surface area contributed by atoms with Crippen LogP contribution < -0.4 is 10.2 Å². The second-order valence-electron chi connectivity index (χ2n) is 4.33. The van der Waals surface area contributed by atoms with Crippen LogP contribution in [0.3, 0.4) is 0 Å². The zero-order chi connectivity index (χ0) is 13.5. The van der Waals surface area contributed by atoms with Crippen molar-refractivity contribution < 1.29 is 9.90 Å². The fourth-order valence-electron chi connectivity index (χ4n) is 1.85. The summed E-state index contributed by atoms with van der Waals surface area (Å²) in [5, 5.41) is 12.6. The van der Waals surface area contributed by atoms with Crippen molar-refractivity contribution in [2.45, 2.75) is 25.9 Å². The summed E-state index contributed by atoms with van der Waals surface area (Å²) in [6, 6.07) is 7.76. The number of carbonyl (C=O) groups is 1. The monoisotopic (exact) mass is 250 g/mol. The summed E-state index contributed by atoms with van der Waals surface area (Å²) >= 11 is 0. The maximum atomic E-state index is 11.2. The number of hydrogen-bond acceptors (Lipinski definition) is 3. The molecule has 1 aromatic rings. The highest BCUT2D eigenvalue weighted by Gasteiger charge is 2.13. The summed E-state index contributed by atoms with van der Waals surface area (Å²) in [5.41, 5.74) is 1.90. The van der Waals surface area contributed by atoms with Gasteiger partial charge in [-0.3, -0.25) is 4.79 Å². The molecule has 1 rings (SSSR count). The van der Waals surface area contributed by atoms with Crippen molar-refractivity contribution in [2.24, 2.45) is 0 Å². The SMILES string of the molecule is CCC(O)c1ccccc1N(C)CCC(=O)NC. The van der Waals surface area contributed by atoms with Gasteiger partial charge in [0.05, 0.1) is 6.10 Å². The lowest BCUT2D eigenvalue weighted by molar-refractivity contribution is -0.120. The lowest BCUT2D eigenvalue weighted by Crippen LogP contribution is -2.27. The number of aliphatic hydroxyl groups is 1. The first-order valence-corrected chi connectivity index (χ1v) is 6.28. The zero-order valence-corrected chi connectivity index (χ0v) is 11.3. The van der Waals surface area contributed by atoms with E-state index in [2.05, 4.69) is 5.32 Å². The second kappa shape index (κ2) is 7.01. The van der Waals surface area contributed by atoms with E-state index in [4.69, 9.17) is 0 Å². The molecule has 1 amide bonds. The van der Waals surface area contributed by atoms with Gasteiger partial charge in [-0.15, -0.1) is 0 Å². The number of benzene rings is 1. The summed E-state index contributed by atoms with van der Waals surface area (Å²) in [6.07, 6.45) is 0.674. The van der Waals surface area contributed by atoms with Crippen LogP contribution in [0.15, 0.2) is 24.3 Å². The second-order valence-corrected chi connectivity index (χ2v) is 4.33. The Labute approximate surface area is 109 Å². The molecule has 100 valence electrons. The molecule has 4 heteroatoms. The Hall–Kier alpha value is -1.55. The van der Waals surface area contributed by atoms with Crippen molar-refractivity contribution >= 4 is 11.6 Å². The van der Waals surface area contributed by atoms with Crippen molar-refractivity contribution in [3.63, 3.8) is 0 Å². The Morgan fingerprint density at radius 3 is 2.72 bits per heavy atom. The minimum absolute atomic E-state index is 0.0235. The Bertz CT molecular complexity index is 393. The number of aliphatic hydroxyl groups excluding tert-OH is 1. The maximum absolute atomic E-state index is 11.2. The van der Waals surface area contributed by atoms with Crippen molar-refractivity contribution in [1.29, 1.82) is 0 Å². The third-order valence-electron chi connectivity index (χ3n) is 3.05. The fraction of sp³-hybridized carbons (Fsp3) is 0.500. The van der Waals surface area contributed by atoms with E-state index < -0.39 is 6.10 Å². The minimum atomic E-state index is -0.455. The average Bonchev–Trinajstić information content (AvgIpc) is 2.43. The summed E-state index contributed by atoms with van der Waals surface area (Å²) in [5.74, 6) is 0.0235. The van der Waals surface area contributed by atoms with Gasteiger partial charge in [0.1, 0.15) is 0 Å². The highest BCUT2D eigenvalue weighted by atomic mass is 16.3. The van der Waals surface area contributed by atoms with Gasteiger partial charge in [0.15, 0.2) is 0 Å². The predicted octanol–water partition coefficient (Wildman–Crippen LogP) is 1.70. The number of amides is 1. The molecule has 0 aliphatic carbocycles. The van der Waals surface area contributed by atoms with E-state index in [1.54, 1.807) is 7.05 Å². The van der Waals surface area contributed by atoms with Crippen LogP contribution in [0.1, 0.15) is 31.4 Å². The van der Waals surface area contributed by atoms with Gasteiger partial charge in [0.25, 0.3) is 0 Å². The summed E-state index contributed by atoms with van der Waals surface area (Å²) in [6.45, 7) is 2.58. The number of hydrogen-bond donors (Lipinski definition) is 2. The lowest BCUT2D eigenvalue weighted by atomic mass is 10.0. The lowest BCUT2D eigenvalue weighted by Gasteiger charge is -2.24. The van der Waals surface area contributed by atoms with E-state index in [9.17, 15) is 9.90 Å². The molecule has 0 aliphatic heterocycles. The molecule has 0 spiro atoms. The van der Waals surface area contributed by atoms with E-state index >= 15 is 0 Å². The Kier molecular flexibility index (Phi) is 5.65. The van der Waals surface area contributed by atoms with Crippen molar-refractivity contribution in [3.8, 4) is 0 Å². The molecular formula is C14H22N2O2. The van der Waals surface area contributed by atoms with Crippen molar-refractivity contribution in [2.75, 3.05) is 25.5 Å². The van der Waals surface area contributed by atoms with E-state index in [1.165, 1.54) is 0 Å². The molecule has 1 aromatic carbocycles. The molecule has 1 unspecified atom stereocenters. The topological polar surface area (TPSA) is 52.6 Å². The normalized spacial score (nSPS) is 12.0. The molecule has 0 aliphatic rings. The van der Waals surface area contributed by atoms with Gasteiger partial charge >= 0.3 is 0 Å². The number of nitrogens with one attached hydrogen (secondary N) is 1. The van der Waals surface area contributed by atoms with Gasteiger partial charge in [0.2, 0.25) is 5.91 Å². The van der Waals surface area contributed by atoms with E-state index in [-0.39, 0.29) is 5.91 Å². The predicted molar refractivity (Wildman–Crippen MR) is 73.6 cm³/mol. The van der Waals surface area contributed by atoms with Crippen LogP contribution in [0.25, 0.3) is 0 Å². The quantitative estimate of drug-likeness (QED) is 0.808. The largest absolute Gasteiger partial charge is 0.388 e. The number of nitrogens with zero attached hydrogens (tertiary/aromatic N) is 1. The van der Waals surface area contributed by atoms with Crippen LogP contribution in [0.5, 0.6) is 0 Å². The van der Waals surface area contributed by atoms with Crippen LogP contribution >= 0.6 is 0 Å². The third kappa shape index (κ3) is 3.74. The molecule has 18 heavy (non-hydrogen) atoms. The van der Waals surface area contributed by atoms with E-state index in [0.29, 0.717) is 19.4 Å². The highest BCUT2D eigenvalue weighted by Crippen LogP contribution is 2.27. The smallest absolute Gasteiger partial charge is 0.221 e. The standard InChI is InChI=1S/C14H22N2O2/c1-4-13(17)11-7-5-6-8-12(11)16(3)10-9-14(18)15-2/h5-8,13,17H,4,9-10H2,1-3H3,(H,15,18). The van der Waals surface area contributed by atoms with Crippen LogP contribution in [0.4, 0.5) is 5.69 Å². The first kappa shape index (κ1) is 14.5. The molecule has 4 nitrogen and oxygen atoms in total. The molecule has 2 N–H and O–H groups in total. The van der Waals surface area contributed by atoms with Crippen LogP contribution in [0, 0.1) is 0 Å². The fourth-order valence-corrected chi connectivity index (χ4v) is 1.85. The first-order chi connectivity index (χ1) is 8.60. The van der Waals surface area contributed by atoms with E-state index in [1.807, 2.05) is 43.1 Å². The average molecular weight is 250 g/mol. The Balaban J connectivity index is 2.78. The van der Waals surface area contributed by atoms with Crippen molar-refractivity contribution in [1.82, 2.24) is 5.32 Å². The molecule has 0 radical (unpaired) electrons. The van der Waals surface area contributed by atoms with Crippen LogP contribution in [0.2, 0.25) is 0 Å². The van der Waals surface area contributed by atoms with Gasteiger partial charge < -0.3 is 15.3 Å². The Morgan fingerprint density at radius 2 is 2.11 bits per heavy atom. The molecule has 0 heterocycles. The third-order valence-corrected chi connectivity index (χ3v) is 3.05. The van der Waals surface area contributed by atoms with Crippen LogP contribution in [-0.2, 0) is 4.79 Å². The summed E-state index contributed by atoms with van der Waals surface area (Å²) < 4.78 is 0. The molecule has 0 fully saturated rings. The molecule has 0 aromatic heterocycles. The minimum Gasteiger partial charge on any atom is -0.388 e. The van der Waals surface area contributed by atoms with Gasteiger partial charge in [-0.05, 0) is 12.5 Å². The number of carbonyl (C=O) groups excluding carboxylic acids is 1. The van der Waals surface area contributed by atoms with Crippen LogP contribution in [-0.4, -0.2) is 31.7 Å². The van der Waals surface area contributed by atoms with Gasteiger partial charge in [-0.1, -0.05) is 25.1 Å². The number of anilines is 1. The van der Waals surface area contributed by atoms with Crippen molar-refractivity contribution in [3.05, 3.63) is 29.8 Å². The number of para-hydroxylation sites is 1. The zero-order valence-electron chi connectivity index (χ0n) is 11.3. The van der Waals surface area contributed by atoms with E-state index in [0.717, 1.165) is 11.3 Å². The molecule has 0 saturated carbocycles. The number of rotatable bonds is 6. The summed E-state index contributed by atoms with van der Waals surface area (Å²) in [4.78, 5) is 13.2. The first-order valence-electron chi connectivity index (χ1n) is 6.28. The molecule has 1 atom stereocenters. The van der Waals surface area contributed by atoms with Gasteiger partial charge in [-0.25, -0.2) is 0 Å². The molecule has 0 saturated heterocycles. The summed E-state index contributed by atoms with van der Waals surface area (Å²) in [7, 11) is 3.57. The van der Waals surface area contributed by atoms with Gasteiger partial charge in [0, 0.05) is 38.3 Å². The maximum Gasteiger partial charge on any atom is 0.221 e. The molecular weight excluding hydrogens is 228 g/mol. The Morgan fingerprint density at radius 1 is 1.44 bits per heavy atom. The highest BCUT2D eigenvalue weighted by molar-refractivity contribution is 5.76. The molecule has 0 bridgehead atoms. The van der Waals surface area contributed by atoms with Gasteiger partial charge in [-0.2, -0.15) is 0 Å².